The van der Waals surface area contributed by atoms with Gasteiger partial charge in [0.15, 0.2) is 0 Å². The molecule has 0 radical (unpaired) electrons. The number of methoxy groups -OCH3 is 1. The van der Waals surface area contributed by atoms with Gasteiger partial charge in [-0.3, -0.25) is 0 Å². The third kappa shape index (κ3) is 3.51. The van der Waals surface area contributed by atoms with Crippen LogP contribution in [0.4, 0.5) is 5.69 Å². The molecule has 0 atom stereocenters. The molecule has 0 aliphatic carbocycles. The summed E-state index contributed by atoms with van der Waals surface area (Å²) in [5, 5.41) is 0.800. The Hall–Kier alpha value is -1.10. The van der Waals surface area contributed by atoms with Gasteiger partial charge in [0.25, 0.3) is 0 Å². The van der Waals surface area contributed by atoms with E-state index >= 15 is 0 Å². The number of nitrogen functional groups attached to an aromatic ring is 1. The second kappa shape index (κ2) is 6.57. The lowest BCUT2D eigenvalue weighted by atomic mass is 10.2. The summed E-state index contributed by atoms with van der Waals surface area (Å²) in [6, 6.07) is 8.85. The van der Waals surface area contributed by atoms with Crippen LogP contribution in [0.1, 0.15) is 5.56 Å². The standard InChI is InChI=1S/C14H12BrCl2NO2/c1-19-13-3-2-9(15)4-8(13)7-20-14-6-11(17)10(16)5-12(14)18/h2-6H,7,18H2,1H3. The first-order valence-corrected chi connectivity index (χ1v) is 7.26. The number of hydrogen-bond acceptors (Lipinski definition) is 3. The molecule has 0 saturated heterocycles. The molecular weight excluding hydrogens is 365 g/mol. The first-order chi connectivity index (χ1) is 9.51. The van der Waals surface area contributed by atoms with Crippen molar-refractivity contribution in [3.63, 3.8) is 0 Å². The first-order valence-electron chi connectivity index (χ1n) is 5.71. The van der Waals surface area contributed by atoms with Crippen molar-refractivity contribution in [1.82, 2.24) is 0 Å². The fourth-order valence-corrected chi connectivity index (χ4v) is 2.42. The van der Waals surface area contributed by atoms with Gasteiger partial charge in [-0.15, -0.1) is 0 Å². The predicted octanol–water partition coefficient (Wildman–Crippen LogP) is 4.93. The number of rotatable bonds is 4. The zero-order valence-electron chi connectivity index (χ0n) is 10.6. The average Bonchev–Trinajstić information content (AvgIpc) is 2.41. The van der Waals surface area contributed by atoms with Gasteiger partial charge in [0.1, 0.15) is 18.1 Å². The van der Waals surface area contributed by atoms with Crippen LogP contribution in [0.5, 0.6) is 11.5 Å². The Bertz CT molecular complexity index is 635. The zero-order chi connectivity index (χ0) is 14.7. The maximum absolute atomic E-state index is 5.95. The van der Waals surface area contributed by atoms with Crippen molar-refractivity contribution in [3.8, 4) is 11.5 Å². The Balaban J connectivity index is 2.21. The number of nitrogens with two attached hydrogens (primary N) is 1. The van der Waals surface area contributed by atoms with E-state index in [1.807, 2.05) is 18.2 Å². The molecule has 0 fully saturated rings. The minimum atomic E-state index is 0.310. The lowest BCUT2D eigenvalue weighted by molar-refractivity contribution is 0.298. The molecule has 2 aromatic rings. The average molecular weight is 377 g/mol. The van der Waals surface area contributed by atoms with Crippen LogP contribution in [0.3, 0.4) is 0 Å². The van der Waals surface area contributed by atoms with Crippen molar-refractivity contribution >= 4 is 44.8 Å². The minimum Gasteiger partial charge on any atom is -0.496 e. The highest BCUT2D eigenvalue weighted by molar-refractivity contribution is 9.10. The normalized spacial score (nSPS) is 10.4. The molecule has 0 saturated carbocycles. The van der Waals surface area contributed by atoms with Crippen molar-refractivity contribution in [2.45, 2.75) is 6.61 Å². The predicted molar refractivity (Wildman–Crippen MR) is 85.9 cm³/mol. The first kappa shape index (κ1) is 15.3. The molecule has 3 nitrogen and oxygen atoms in total. The molecule has 0 aliphatic rings. The van der Waals surface area contributed by atoms with Crippen LogP contribution in [-0.2, 0) is 6.61 Å². The molecule has 0 spiro atoms. The SMILES string of the molecule is COc1ccc(Br)cc1COc1cc(Cl)c(Cl)cc1N. The number of benzene rings is 2. The molecule has 0 bridgehead atoms. The maximum atomic E-state index is 5.95. The molecule has 0 amide bonds. The smallest absolute Gasteiger partial charge is 0.144 e. The van der Waals surface area contributed by atoms with E-state index in [4.69, 9.17) is 38.4 Å². The maximum Gasteiger partial charge on any atom is 0.144 e. The largest absolute Gasteiger partial charge is 0.496 e. The van der Waals surface area contributed by atoms with Crippen LogP contribution in [0.2, 0.25) is 10.0 Å². The number of hydrogen-bond donors (Lipinski definition) is 1. The van der Waals surface area contributed by atoms with E-state index < -0.39 is 0 Å². The molecule has 0 aliphatic heterocycles. The number of ether oxygens (including phenoxy) is 2. The third-order valence-electron chi connectivity index (χ3n) is 2.68. The van der Waals surface area contributed by atoms with Gasteiger partial charge in [0.2, 0.25) is 0 Å². The van der Waals surface area contributed by atoms with Gasteiger partial charge >= 0.3 is 0 Å². The van der Waals surface area contributed by atoms with Crippen LogP contribution >= 0.6 is 39.1 Å². The summed E-state index contributed by atoms with van der Waals surface area (Å²) in [5.41, 5.74) is 7.18. The van der Waals surface area contributed by atoms with Crippen LogP contribution in [0.15, 0.2) is 34.8 Å². The van der Waals surface area contributed by atoms with Crippen molar-refractivity contribution in [3.05, 3.63) is 50.4 Å². The van der Waals surface area contributed by atoms with E-state index in [1.165, 1.54) is 0 Å². The molecule has 2 rings (SSSR count). The highest BCUT2D eigenvalue weighted by Gasteiger charge is 2.09. The van der Waals surface area contributed by atoms with E-state index in [0.29, 0.717) is 28.1 Å². The molecule has 0 unspecified atom stereocenters. The molecule has 2 N–H and O–H groups in total. The van der Waals surface area contributed by atoms with E-state index in [0.717, 1.165) is 15.8 Å². The van der Waals surface area contributed by atoms with Crippen molar-refractivity contribution in [2.24, 2.45) is 0 Å². The molecule has 20 heavy (non-hydrogen) atoms. The minimum absolute atomic E-state index is 0.310. The molecule has 0 aromatic heterocycles. The van der Waals surface area contributed by atoms with Gasteiger partial charge in [-0.1, -0.05) is 39.1 Å². The number of halogens is 3. The summed E-state index contributed by atoms with van der Waals surface area (Å²) < 4.78 is 11.9. The summed E-state index contributed by atoms with van der Waals surface area (Å²) >= 11 is 15.2. The summed E-state index contributed by atoms with van der Waals surface area (Å²) in [4.78, 5) is 0. The van der Waals surface area contributed by atoms with E-state index in [1.54, 1.807) is 19.2 Å². The van der Waals surface area contributed by atoms with Gasteiger partial charge in [-0.25, -0.2) is 0 Å². The van der Waals surface area contributed by atoms with Crippen LogP contribution < -0.4 is 15.2 Å². The number of anilines is 1. The van der Waals surface area contributed by atoms with Gasteiger partial charge in [-0.2, -0.15) is 0 Å². The van der Waals surface area contributed by atoms with Crippen LogP contribution in [0.25, 0.3) is 0 Å². The van der Waals surface area contributed by atoms with E-state index in [-0.39, 0.29) is 0 Å². The molecule has 2 aromatic carbocycles. The van der Waals surface area contributed by atoms with Gasteiger partial charge in [0, 0.05) is 16.1 Å². The van der Waals surface area contributed by atoms with Crippen LogP contribution in [0, 0.1) is 0 Å². The Morgan fingerprint density at radius 2 is 1.80 bits per heavy atom. The van der Waals surface area contributed by atoms with Crippen LogP contribution in [-0.4, -0.2) is 7.11 Å². The monoisotopic (exact) mass is 375 g/mol. The third-order valence-corrected chi connectivity index (χ3v) is 3.89. The van der Waals surface area contributed by atoms with Gasteiger partial charge < -0.3 is 15.2 Å². The lowest BCUT2D eigenvalue weighted by Gasteiger charge is -2.13. The van der Waals surface area contributed by atoms with Crippen molar-refractivity contribution in [1.29, 1.82) is 0 Å². The van der Waals surface area contributed by atoms with Gasteiger partial charge in [-0.05, 0) is 24.3 Å². The second-order valence-electron chi connectivity index (χ2n) is 4.05. The Labute approximate surface area is 135 Å². The van der Waals surface area contributed by atoms with E-state index in [2.05, 4.69) is 15.9 Å². The molecule has 6 heteroatoms. The second-order valence-corrected chi connectivity index (χ2v) is 5.78. The fourth-order valence-electron chi connectivity index (χ4n) is 1.68. The Morgan fingerprint density at radius 1 is 1.10 bits per heavy atom. The fraction of sp³-hybridized carbons (Fsp3) is 0.143. The quantitative estimate of drug-likeness (QED) is 0.769. The highest BCUT2D eigenvalue weighted by Crippen LogP contribution is 2.33. The van der Waals surface area contributed by atoms with Crippen molar-refractivity contribution in [2.75, 3.05) is 12.8 Å². The topological polar surface area (TPSA) is 44.5 Å². The van der Waals surface area contributed by atoms with E-state index in [9.17, 15) is 0 Å². The molecular formula is C14H12BrCl2NO2. The highest BCUT2D eigenvalue weighted by atomic mass is 79.9. The Kier molecular flexibility index (Phi) is 5.02. The summed E-state index contributed by atoms with van der Waals surface area (Å²) in [6.45, 7) is 0.310. The lowest BCUT2D eigenvalue weighted by Crippen LogP contribution is -2.01. The molecule has 106 valence electrons. The zero-order valence-corrected chi connectivity index (χ0v) is 13.7. The Morgan fingerprint density at radius 3 is 2.50 bits per heavy atom. The summed E-state index contributed by atoms with van der Waals surface area (Å²) in [6.07, 6.45) is 0. The molecule has 0 heterocycles. The van der Waals surface area contributed by atoms with Gasteiger partial charge in [0.05, 0.1) is 22.8 Å². The summed E-state index contributed by atoms with van der Waals surface area (Å²) in [5.74, 6) is 1.23. The summed E-state index contributed by atoms with van der Waals surface area (Å²) in [7, 11) is 1.61. The van der Waals surface area contributed by atoms with Crippen molar-refractivity contribution < 1.29 is 9.47 Å².